The van der Waals surface area contributed by atoms with Gasteiger partial charge < -0.3 is 10.7 Å². The molecular formula is C28H32N2. The maximum Gasteiger partial charge on any atom is 0.0497 e. The van der Waals surface area contributed by atoms with Crippen molar-refractivity contribution in [2.75, 3.05) is 6.54 Å². The predicted molar refractivity (Wildman–Crippen MR) is 130 cm³/mol. The molecule has 2 nitrogen and oxygen atoms in total. The third-order valence-corrected chi connectivity index (χ3v) is 5.99. The summed E-state index contributed by atoms with van der Waals surface area (Å²) in [5.41, 5.74) is 15.0. The molecule has 0 unspecified atom stereocenters. The standard InChI is InChI=1S/C28H32N2/c1-2-3-10-23-13-9-15-26-25(14-7-8-20-29)28(30-27(23)26)24-18-16-22(17-19-24)21-11-5-4-6-12-21/h4-6,9,11-13,15-19,30H,2-3,7-8,10,14,20,29H2,1H3. The Morgan fingerprint density at radius 1 is 0.700 bits per heavy atom. The van der Waals surface area contributed by atoms with Crippen molar-refractivity contribution >= 4 is 10.9 Å². The van der Waals surface area contributed by atoms with Crippen LogP contribution in [0.5, 0.6) is 0 Å². The molecular weight excluding hydrogens is 364 g/mol. The number of aromatic nitrogens is 1. The van der Waals surface area contributed by atoms with Crippen molar-refractivity contribution < 1.29 is 0 Å². The highest BCUT2D eigenvalue weighted by atomic mass is 14.7. The summed E-state index contributed by atoms with van der Waals surface area (Å²) in [5, 5.41) is 1.38. The second kappa shape index (κ2) is 9.77. The summed E-state index contributed by atoms with van der Waals surface area (Å²) in [6.07, 6.45) is 6.81. The van der Waals surface area contributed by atoms with E-state index < -0.39 is 0 Å². The first-order valence-corrected chi connectivity index (χ1v) is 11.3. The van der Waals surface area contributed by atoms with Gasteiger partial charge in [0.25, 0.3) is 0 Å². The average Bonchev–Trinajstić information content (AvgIpc) is 3.18. The first-order chi connectivity index (χ1) is 14.8. The molecule has 0 bridgehead atoms. The van der Waals surface area contributed by atoms with E-state index in [-0.39, 0.29) is 0 Å². The molecule has 3 aromatic carbocycles. The Balaban J connectivity index is 1.75. The minimum Gasteiger partial charge on any atom is -0.354 e. The van der Waals surface area contributed by atoms with Crippen LogP contribution in [0.4, 0.5) is 0 Å². The Morgan fingerprint density at radius 2 is 1.43 bits per heavy atom. The van der Waals surface area contributed by atoms with Crippen LogP contribution in [-0.2, 0) is 12.8 Å². The Morgan fingerprint density at radius 3 is 2.17 bits per heavy atom. The molecule has 0 saturated carbocycles. The second-order valence-electron chi connectivity index (χ2n) is 8.11. The third-order valence-electron chi connectivity index (χ3n) is 5.99. The van der Waals surface area contributed by atoms with E-state index in [9.17, 15) is 0 Å². The van der Waals surface area contributed by atoms with Gasteiger partial charge in [-0.2, -0.15) is 0 Å². The van der Waals surface area contributed by atoms with E-state index in [0.29, 0.717) is 0 Å². The zero-order valence-corrected chi connectivity index (χ0v) is 18.0. The molecule has 0 atom stereocenters. The van der Waals surface area contributed by atoms with Crippen LogP contribution >= 0.6 is 0 Å². The molecule has 0 aliphatic heterocycles. The van der Waals surface area contributed by atoms with Gasteiger partial charge in [0.2, 0.25) is 0 Å². The number of nitrogens with one attached hydrogen (secondary N) is 1. The van der Waals surface area contributed by atoms with E-state index in [4.69, 9.17) is 5.73 Å². The quantitative estimate of drug-likeness (QED) is 0.290. The van der Waals surface area contributed by atoms with Gasteiger partial charge in [-0.3, -0.25) is 0 Å². The highest BCUT2D eigenvalue weighted by Crippen LogP contribution is 2.34. The van der Waals surface area contributed by atoms with Crippen molar-refractivity contribution in [1.82, 2.24) is 4.98 Å². The molecule has 1 heterocycles. The van der Waals surface area contributed by atoms with Crippen LogP contribution in [0.3, 0.4) is 0 Å². The molecule has 2 heteroatoms. The van der Waals surface area contributed by atoms with Crippen LogP contribution < -0.4 is 5.73 Å². The molecule has 1 aromatic heterocycles. The van der Waals surface area contributed by atoms with E-state index in [1.54, 1.807) is 0 Å². The lowest BCUT2D eigenvalue weighted by Gasteiger charge is -2.07. The molecule has 30 heavy (non-hydrogen) atoms. The van der Waals surface area contributed by atoms with Crippen molar-refractivity contribution in [2.45, 2.75) is 45.4 Å². The van der Waals surface area contributed by atoms with Crippen LogP contribution in [-0.4, -0.2) is 11.5 Å². The maximum atomic E-state index is 5.77. The van der Waals surface area contributed by atoms with E-state index in [1.807, 2.05) is 0 Å². The number of nitrogens with two attached hydrogens (primary N) is 1. The van der Waals surface area contributed by atoms with Crippen molar-refractivity contribution in [3.05, 3.63) is 83.9 Å². The topological polar surface area (TPSA) is 41.8 Å². The van der Waals surface area contributed by atoms with Gasteiger partial charge in [0.1, 0.15) is 0 Å². The molecule has 154 valence electrons. The number of hydrogen-bond acceptors (Lipinski definition) is 1. The molecule has 3 N–H and O–H groups in total. The van der Waals surface area contributed by atoms with E-state index >= 15 is 0 Å². The molecule has 0 spiro atoms. The summed E-state index contributed by atoms with van der Waals surface area (Å²) in [6.45, 7) is 3.01. The fraction of sp³-hybridized carbons (Fsp3) is 0.286. The number of hydrogen-bond donors (Lipinski definition) is 2. The minimum atomic E-state index is 0.755. The van der Waals surface area contributed by atoms with Crippen molar-refractivity contribution in [3.63, 3.8) is 0 Å². The summed E-state index contributed by atoms with van der Waals surface area (Å²) in [5.74, 6) is 0. The molecule has 4 rings (SSSR count). The normalized spacial score (nSPS) is 11.3. The molecule has 0 aliphatic rings. The zero-order chi connectivity index (χ0) is 20.8. The first-order valence-electron chi connectivity index (χ1n) is 11.3. The maximum absolute atomic E-state index is 5.77. The van der Waals surface area contributed by atoms with Gasteiger partial charge in [-0.15, -0.1) is 0 Å². The third kappa shape index (κ3) is 4.34. The van der Waals surface area contributed by atoms with Crippen molar-refractivity contribution in [3.8, 4) is 22.4 Å². The number of aryl methyl sites for hydroxylation is 2. The van der Waals surface area contributed by atoms with Crippen LogP contribution in [0, 0.1) is 0 Å². The lowest BCUT2D eigenvalue weighted by molar-refractivity contribution is 0.748. The Bertz CT molecular complexity index is 1080. The Hall–Kier alpha value is -2.84. The van der Waals surface area contributed by atoms with Crippen molar-refractivity contribution in [1.29, 1.82) is 0 Å². The molecule has 0 saturated heterocycles. The van der Waals surface area contributed by atoms with Crippen LogP contribution in [0.2, 0.25) is 0 Å². The van der Waals surface area contributed by atoms with E-state index in [0.717, 1.165) is 32.2 Å². The number of unbranched alkanes of at least 4 members (excludes halogenated alkanes) is 2. The van der Waals surface area contributed by atoms with Crippen LogP contribution in [0.25, 0.3) is 33.3 Å². The summed E-state index contributed by atoms with van der Waals surface area (Å²) in [6, 6.07) is 26.3. The largest absolute Gasteiger partial charge is 0.354 e. The van der Waals surface area contributed by atoms with Gasteiger partial charge in [-0.25, -0.2) is 0 Å². The number of benzene rings is 3. The molecule has 0 fully saturated rings. The number of para-hydroxylation sites is 1. The van der Waals surface area contributed by atoms with Gasteiger partial charge in [-0.1, -0.05) is 86.1 Å². The lowest BCUT2D eigenvalue weighted by Crippen LogP contribution is -1.99. The van der Waals surface area contributed by atoms with E-state index in [1.165, 1.54) is 57.3 Å². The smallest absolute Gasteiger partial charge is 0.0497 e. The monoisotopic (exact) mass is 396 g/mol. The van der Waals surface area contributed by atoms with Gasteiger partial charge >= 0.3 is 0 Å². The average molecular weight is 397 g/mol. The van der Waals surface area contributed by atoms with Crippen LogP contribution in [0.1, 0.15) is 43.7 Å². The number of rotatable bonds is 9. The fourth-order valence-corrected chi connectivity index (χ4v) is 4.32. The van der Waals surface area contributed by atoms with E-state index in [2.05, 4.69) is 84.7 Å². The van der Waals surface area contributed by atoms with Gasteiger partial charge in [0, 0.05) is 16.6 Å². The molecule has 4 aromatic rings. The zero-order valence-electron chi connectivity index (χ0n) is 18.0. The number of aromatic amines is 1. The van der Waals surface area contributed by atoms with Gasteiger partial charge in [0.05, 0.1) is 0 Å². The second-order valence-corrected chi connectivity index (χ2v) is 8.11. The predicted octanol–water partition coefficient (Wildman–Crippen LogP) is 7.13. The molecule has 0 radical (unpaired) electrons. The van der Waals surface area contributed by atoms with Crippen molar-refractivity contribution in [2.24, 2.45) is 5.73 Å². The summed E-state index contributed by atoms with van der Waals surface area (Å²) >= 11 is 0. The SMILES string of the molecule is CCCCc1cccc2c(CCCCN)c(-c3ccc(-c4ccccc4)cc3)[nH]c12. The first kappa shape index (κ1) is 20.4. The summed E-state index contributed by atoms with van der Waals surface area (Å²) < 4.78 is 0. The van der Waals surface area contributed by atoms with Gasteiger partial charge in [0.15, 0.2) is 0 Å². The minimum absolute atomic E-state index is 0.755. The Kier molecular flexibility index (Phi) is 6.66. The Labute approximate surface area is 180 Å². The highest BCUT2D eigenvalue weighted by Gasteiger charge is 2.15. The van der Waals surface area contributed by atoms with Crippen LogP contribution in [0.15, 0.2) is 72.8 Å². The fourth-order valence-electron chi connectivity index (χ4n) is 4.32. The number of fused-ring (bicyclic) bond motifs is 1. The number of H-pyrrole nitrogens is 1. The van der Waals surface area contributed by atoms with Gasteiger partial charge in [-0.05, 0) is 66.5 Å². The summed E-state index contributed by atoms with van der Waals surface area (Å²) in [7, 11) is 0. The lowest BCUT2D eigenvalue weighted by atomic mass is 9.97. The molecule has 0 aliphatic carbocycles. The molecule has 0 amide bonds. The summed E-state index contributed by atoms with van der Waals surface area (Å²) in [4.78, 5) is 3.81. The highest BCUT2D eigenvalue weighted by molar-refractivity contribution is 5.93.